The maximum atomic E-state index is 9.23. The summed E-state index contributed by atoms with van der Waals surface area (Å²) < 4.78 is 2.48. The number of rotatable bonds is 2. The van der Waals surface area contributed by atoms with Crippen LogP contribution in [0.2, 0.25) is 0 Å². The molecule has 2 rings (SSSR count). The summed E-state index contributed by atoms with van der Waals surface area (Å²) in [4.78, 5) is 1.26. The Morgan fingerprint density at radius 1 is 1.57 bits per heavy atom. The van der Waals surface area contributed by atoms with E-state index in [1.54, 1.807) is 23.1 Å². The Kier molecular flexibility index (Phi) is 3.36. The molecule has 2 aromatic rings. The highest BCUT2D eigenvalue weighted by Gasteiger charge is 2.09. The molecule has 74 valence electrons. The number of hydrogen-bond donors (Lipinski definition) is 1. The zero-order valence-corrected chi connectivity index (χ0v) is 11.4. The van der Waals surface area contributed by atoms with Crippen LogP contribution in [-0.2, 0) is 6.61 Å². The lowest BCUT2D eigenvalue weighted by atomic mass is 10.2. The predicted molar refractivity (Wildman–Crippen MR) is 72.2 cm³/mol. The molecule has 0 saturated heterocycles. The van der Waals surface area contributed by atoms with Crippen molar-refractivity contribution in [3.8, 4) is 0 Å². The number of thioether (sulfide) groups is 1. The van der Waals surface area contributed by atoms with Gasteiger partial charge in [-0.05, 0) is 51.9 Å². The van der Waals surface area contributed by atoms with Gasteiger partial charge in [-0.15, -0.1) is 23.1 Å². The van der Waals surface area contributed by atoms with Crippen LogP contribution in [0, 0.1) is 3.57 Å². The average molecular weight is 336 g/mol. The van der Waals surface area contributed by atoms with Crippen LogP contribution in [0.3, 0.4) is 0 Å². The number of aliphatic hydroxyl groups is 1. The van der Waals surface area contributed by atoms with Crippen LogP contribution < -0.4 is 0 Å². The fourth-order valence-electron chi connectivity index (χ4n) is 1.40. The smallest absolute Gasteiger partial charge is 0.0693 e. The van der Waals surface area contributed by atoms with Crippen molar-refractivity contribution in [1.29, 1.82) is 0 Å². The molecule has 0 aliphatic rings. The van der Waals surface area contributed by atoms with Crippen molar-refractivity contribution in [2.24, 2.45) is 0 Å². The zero-order chi connectivity index (χ0) is 10.1. The van der Waals surface area contributed by atoms with E-state index in [-0.39, 0.29) is 6.61 Å². The van der Waals surface area contributed by atoms with Gasteiger partial charge in [-0.1, -0.05) is 0 Å². The monoisotopic (exact) mass is 336 g/mol. The predicted octanol–water partition coefficient (Wildman–Crippen LogP) is 3.72. The summed E-state index contributed by atoms with van der Waals surface area (Å²) in [6.07, 6.45) is 2.07. The van der Waals surface area contributed by atoms with Gasteiger partial charge in [0.2, 0.25) is 0 Å². The molecule has 0 aliphatic heterocycles. The third-order valence-corrected chi connectivity index (χ3v) is 5.42. The molecule has 0 fully saturated rings. The Balaban J connectivity index is 2.80. The second-order valence-electron chi connectivity index (χ2n) is 2.87. The summed E-state index contributed by atoms with van der Waals surface area (Å²) >= 11 is 5.78. The third kappa shape index (κ3) is 1.68. The molecule has 4 heteroatoms. The number of thiophene rings is 1. The molecule has 0 unspecified atom stereocenters. The van der Waals surface area contributed by atoms with Gasteiger partial charge in [-0.2, -0.15) is 0 Å². The second-order valence-corrected chi connectivity index (χ2v) is 5.72. The molecule has 0 bridgehead atoms. The van der Waals surface area contributed by atoms with E-state index in [0.29, 0.717) is 0 Å². The first-order chi connectivity index (χ1) is 6.77. The molecular weight excluding hydrogens is 327 g/mol. The van der Waals surface area contributed by atoms with Crippen LogP contribution in [0.1, 0.15) is 5.56 Å². The molecule has 0 saturated carbocycles. The summed E-state index contributed by atoms with van der Waals surface area (Å²) in [5, 5.41) is 12.6. The standard InChI is InChI=1S/C10H9IOS2/c1-13-8-4-6(5-12)9(11)10-7(8)2-3-14-10/h2-4,12H,5H2,1H3. The van der Waals surface area contributed by atoms with Crippen molar-refractivity contribution < 1.29 is 5.11 Å². The van der Waals surface area contributed by atoms with E-state index in [9.17, 15) is 5.11 Å². The number of aliphatic hydroxyl groups excluding tert-OH is 1. The van der Waals surface area contributed by atoms with Crippen molar-refractivity contribution in [3.05, 3.63) is 26.6 Å². The number of hydrogen-bond acceptors (Lipinski definition) is 3. The van der Waals surface area contributed by atoms with Gasteiger partial charge in [0, 0.05) is 18.6 Å². The number of fused-ring (bicyclic) bond motifs is 1. The van der Waals surface area contributed by atoms with Crippen LogP contribution in [-0.4, -0.2) is 11.4 Å². The quantitative estimate of drug-likeness (QED) is 0.666. The minimum Gasteiger partial charge on any atom is -0.392 e. The van der Waals surface area contributed by atoms with Crippen LogP contribution >= 0.6 is 45.7 Å². The maximum absolute atomic E-state index is 9.23. The summed E-state index contributed by atoms with van der Waals surface area (Å²) in [5.41, 5.74) is 1.03. The van der Waals surface area contributed by atoms with Crippen molar-refractivity contribution in [1.82, 2.24) is 0 Å². The largest absolute Gasteiger partial charge is 0.392 e. The number of halogens is 1. The Morgan fingerprint density at radius 2 is 2.36 bits per heavy atom. The highest BCUT2D eigenvalue weighted by Crippen LogP contribution is 2.35. The first kappa shape index (κ1) is 10.7. The van der Waals surface area contributed by atoms with E-state index in [1.807, 2.05) is 0 Å². The Bertz CT molecular complexity index is 464. The van der Waals surface area contributed by atoms with E-state index in [1.165, 1.54) is 18.6 Å². The van der Waals surface area contributed by atoms with Crippen LogP contribution in [0.5, 0.6) is 0 Å². The van der Waals surface area contributed by atoms with Crippen molar-refractivity contribution in [3.63, 3.8) is 0 Å². The molecule has 0 spiro atoms. The van der Waals surface area contributed by atoms with Crippen LogP contribution in [0.4, 0.5) is 0 Å². The van der Waals surface area contributed by atoms with E-state index in [2.05, 4.69) is 46.4 Å². The first-order valence-electron chi connectivity index (χ1n) is 4.11. The molecule has 1 N–H and O–H groups in total. The fraction of sp³-hybridized carbons (Fsp3) is 0.200. The summed E-state index contributed by atoms with van der Waals surface area (Å²) in [5.74, 6) is 0. The van der Waals surface area contributed by atoms with Gasteiger partial charge < -0.3 is 5.11 Å². The third-order valence-electron chi connectivity index (χ3n) is 2.11. The van der Waals surface area contributed by atoms with Gasteiger partial charge in [0.1, 0.15) is 0 Å². The summed E-state index contributed by atoms with van der Waals surface area (Å²) in [6, 6.07) is 4.23. The van der Waals surface area contributed by atoms with E-state index >= 15 is 0 Å². The Labute approximate surface area is 105 Å². The van der Waals surface area contributed by atoms with Crippen LogP contribution in [0.25, 0.3) is 10.1 Å². The van der Waals surface area contributed by atoms with Gasteiger partial charge in [0.25, 0.3) is 0 Å². The minimum absolute atomic E-state index is 0.125. The van der Waals surface area contributed by atoms with Gasteiger partial charge in [0.15, 0.2) is 0 Å². The summed E-state index contributed by atoms with van der Waals surface area (Å²) in [6.45, 7) is 0.125. The maximum Gasteiger partial charge on any atom is 0.0693 e. The van der Waals surface area contributed by atoms with Gasteiger partial charge in [-0.25, -0.2) is 0 Å². The van der Waals surface area contributed by atoms with Gasteiger partial charge in [0.05, 0.1) is 6.61 Å². The van der Waals surface area contributed by atoms with Crippen molar-refractivity contribution >= 4 is 55.8 Å². The summed E-state index contributed by atoms with van der Waals surface area (Å²) in [7, 11) is 0. The molecular formula is C10H9IOS2. The minimum atomic E-state index is 0.125. The molecule has 1 nitrogen and oxygen atoms in total. The molecule has 14 heavy (non-hydrogen) atoms. The Morgan fingerprint density at radius 3 is 3.00 bits per heavy atom. The highest BCUT2D eigenvalue weighted by atomic mass is 127. The van der Waals surface area contributed by atoms with Gasteiger partial charge in [-0.3, -0.25) is 0 Å². The SMILES string of the molecule is CSc1cc(CO)c(I)c2sccc12. The normalized spacial score (nSPS) is 11.1. The molecule has 1 aromatic carbocycles. The first-order valence-corrected chi connectivity index (χ1v) is 7.29. The molecule has 0 atom stereocenters. The van der Waals surface area contributed by atoms with E-state index in [4.69, 9.17) is 0 Å². The average Bonchev–Trinajstić information content (AvgIpc) is 2.68. The van der Waals surface area contributed by atoms with E-state index < -0.39 is 0 Å². The van der Waals surface area contributed by atoms with Gasteiger partial charge >= 0.3 is 0 Å². The van der Waals surface area contributed by atoms with Crippen molar-refractivity contribution in [2.45, 2.75) is 11.5 Å². The zero-order valence-electron chi connectivity index (χ0n) is 7.58. The molecule has 1 heterocycles. The highest BCUT2D eigenvalue weighted by molar-refractivity contribution is 14.1. The van der Waals surface area contributed by atoms with E-state index in [0.717, 1.165) is 5.56 Å². The topological polar surface area (TPSA) is 20.2 Å². The molecule has 1 aromatic heterocycles. The lowest BCUT2D eigenvalue weighted by Crippen LogP contribution is -1.89. The number of benzene rings is 1. The molecule has 0 aliphatic carbocycles. The van der Waals surface area contributed by atoms with Crippen LogP contribution in [0.15, 0.2) is 22.4 Å². The second kappa shape index (κ2) is 4.38. The fourth-order valence-corrected chi connectivity index (χ4v) is 4.00. The van der Waals surface area contributed by atoms with Crippen molar-refractivity contribution in [2.75, 3.05) is 6.26 Å². The lowest BCUT2D eigenvalue weighted by molar-refractivity contribution is 0.281. The Hall–Kier alpha value is 0.220. The molecule has 0 radical (unpaired) electrons. The molecule has 0 amide bonds. The lowest BCUT2D eigenvalue weighted by Gasteiger charge is -2.06.